The van der Waals surface area contributed by atoms with Crippen molar-refractivity contribution in [2.24, 2.45) is 0 Å². The van der Waals surface area contributed by atoms with Gasteiger partial charge < -0.3 is 32.8 Å². The average Bonchev–Trinajstić information content (AvgIpc) is 3.38. The van der Waals surface area contributed by atoms with Crippen LogP contribution in [0.25, 0.3) is 0 Å². The van der Waals surface area contributed by atoms with E-state index in [0.29, 0.717) is 0 Å². The number of benzene rings is 2. The number of carbonyl (C=O) groups is 1. The Morgan fingerprint density at radius 1 is 0.900 bits per heavy atom. The monoisotopic (exact) mass is 570 g/mol. The highest BCUT2D eigenvalue weighted by Crippen LogP contribution is 2.45. The van der Waals surface area contributed by atoms with Gasteiger partial charge in [-0.05, 0) is 50.0 Å². The number of carbonyl (C=O) groups excluding carboxylic acids is 1. The molecular weight excluding hydrogens is 528 g/mol. The molecule has 3 aliphatic rings. The van der Waals surface area contributed by atoms with Crippen LogP contribution in [0.5, 0.6) is 0 Å². The lowest BCUT2D eigenvalue weighted by molar-refractivity contribution is -0.329. The van der Waals surface area contributed by atoms with Crippen LogP contribution >= 0.6 is 0 Å². The Hall–Kier alpha value is -2.11. The highest BCUT2D eigenvalue weighted by molar-refractivity contribution is 6.99. The largest absolute Gasteiger partial charge is 0.452 e. The Bertz CT molecular complexity index is 1150. The second-order valence-corrected chi connectivity index (χ2v) is 17.1. The molecular formula is C31H42O8Si. The van der Waals surface area contributed by atoms with E-state index < -0.39 is 56.1 Å². The van der Waals surface area contributed by atoms with Gasteiger partial charge in [0, 0.05) is 0 Å². The lowest BCUT2D eigenvalue weighted by Crippen LogP contribution is -2.68. The van der Waals surface area contributed by atoms with Gasteiger partial charge in [0.25, 0.3) is 8.32 Å². The second kappa shape index (κ2) is 10.3. The molecule has 3 fully saturated rings. The van der Waals surface area contributed by atoms with Crippen LogP contribution in [-0.4, -0.2) is 69.3 Å². The zero-order valence-corrected chi connectivity index (χ0v) is 25.8. The van der Waals surface area contributed by atoms with E-state index in [-0.39, 0.29) is 18.3 Å². The Labute approximate surface area is 238 Å². The zero-order valence-electron chi connectivity index (χ0n) is 24.8. The van der Waals surface area contributed by atoms with E-state index in [1.165, 1.54) is 0 Å². The average molecular weight is 571 g/mol. The van der Waals surface area contributed by atoms with Gasteiger partial charge in [0.1, 0.15) is 24.9 Å². The highest BCUT2D eigenvalue weighted by atomic mass is 28.4. The number of fused-ring (bicyclic) bond motifs is 1. The van der Waals surface area contributed by atoms with Crippen LogP contribution in [0, 0.1) is 0 Å². The first kappa shape index (κ1) is 29.4. The van der Waals surface area contributed by atoms with E-state index >= 15 is 0 Å². The fourth-order valence-electron chi connectivity index (χ4n) is 6.15. The first-order valence-electron chi connectivity index (χ1n) is 14.0. The van der Waals surface area contributed by atoms with Crippen molar-refractivity contribution < 1.29 is 37.6 Å². The molecule has 3 heterocycles. The van der Waals surface area contributed by atoms with E-state index in [9.17, 15) is 4.79 Å². The maximum absolute atomic E-state index is 14.0. The van der Waals surface area contributed by atoms with E-state index in [2.05, 4.69) is 45.0 Å². The predicted molar refractivity (Wildman–Crippen MR) is 152 cm³/mol. The van der Waals surface area contributed by atoms with Gasteiger partial charge in [-0.15, -0.1) is 0 Å². The fourth-order valence-corrected chi connectivity index (χ4v) is 10.8. The highest BCUT2D eigenvalue weighted by Gasteiger charge is 2.64. The van der Waals surface area contributed by atoms with Crippen molar-refractivity contribution in [2.75, 3.05) is 13.2 Å². The first-order chi connectivity index (χ1) is 18.7. The molecule has 5 atom stereocenters. The molecule has 9 heteroatoms. The summed E-state index contributed by atoms with van der Waals surface area (Å²) < 4.78 is 43.9. The van der Waals surface area contributed by atoms with Crippen molar-refractivity contribution in [3.63, 3.8) is 0 Å². The molecule has 40 heavy (non-hydrogen) atoms. The summed E-state index contributed by atoms with van der Waals surface area (Å²) in [7, 11) is -3.00. The summed E-state index contributed by atoms with van der Waals surface area (Å²) in [4.78, 5) is 14.0. The van der Waals surface area contributed by atoms with Crippen LogP contribution in [0.15, 0.2) is 60.7 Å². The van der Waals surface area contributed by atoms with Gasteiger partial charge in [0.15, 0.2) is 17.7 Å². The number of hydrogen-bond acceptors (Lipinski definition) is 8. The van der Waals surface area contributed by atoms with E-state index in [0.717, 1.165) is 10.4 Å². The molecule has 1 spiro atoms. The molecule has 0 amide bonds. The third-order valence-electron chi connectivity index (χ3n) is 7.83. The van der Waals surface area contributed by atoms with Crippen molar-refractivity contribution in [3.05, 3.63) is 60.7 Å². The van der Waals surface area contributed by atoms with Gasteiger partial charge in [0.2, 0.25) is 5.79 Å². The van der Waals surface area contributed by atoms with Crippen molar-refractivity contribution in [1.82, 2.24) is 0 Å². The summed E-state index contributed by atoms with van der Waals surface area (Å²) in [5, 5.41) is 1.85. The smallest absolute Gasteiger partial charge is 0.334 e. The SMILES string of the molecule is C[C@@H](O[Si](c1ccccc1)(c1ccccc1)C(C)(C)C)C(=O)O[C@H]1[C@@H]2OC(C)(C)O[C@@H]2CO[C@]12COC(C)(C)O2. The van der Waals surface area contributed by atoms with Crippen LogP contribution in [0.2, 0.25) is 5.04 Å². The Kier molecular flexibility index (Phi) is 7.57. The van der Waals surface area contributed by atoms with Gasteiger partial charge in [-0.1, -0.05) is 81.4 Å². The molecule has 0 radical (unpaired) electrons. The lowest BCUT2D eigenvalue weighted by Gasteiger charge is -2.45. The summed E-state index contributed by atoms with van der Waals surface area (Å²) in [5.74, 6) is -3.62. The van der Waals surface area contributed by atoms with Gasteiger partial charge in [-0.25, -0.2) is 4.79 Å². The molecule has 3 saturated heterocycles. The third kappa shape index (κ3) is 5.29. The summed E-state index contributed by atoms with van der Waals surface area (Å²) in [5.41, 5.74) is 0. The Morgan fingerprint density at radius 2 is 1.48 bits per heavy atom. The molecule has 2 aromatic carbocycles. The van der Waals surface area contributed by atoms with Gasteiger partial charge in [-0.2, -0.15) is 0 Å². The number of ether oxygens (including phenoxy) is 6. The second-order valence-electron chi connectivity index (χ2n) is 12.8. The minimum absolute atomic E-state index is 0.0922. The topological polar surface area (TPSA) is 81.7 Å². The van der Waals surface area contributed by atoms with E-state index in [4.69, 9.17) is 32.8 Å². The summed E-state index contributed by atoms with van der Waals surface area (Å²) >= 11 is 0. The molecule has 0 saturated carbocycles. The minimum atomic E-state index is -3.00. The Morgan fingerprint density at radius 3 is 1.98 bits per heavy atom. The molecule has 0 bridgehead atoms. The molecule has 0 aliphatic carbocycles. The van der Waals surface area contributed by atoms with Gasteiger partial charge >= 0.3 is 5.97 Å². The normalized spacial score (nSPS) is 30.1. The van der Waals surface area contributed by atoms with Crippen LogP contribution in [0.1, 0.15) is 55.4 Å². The number of hydrogen-bond donors (Lipinski definition) is 0. The molecule has 0 aromatic heterocycles. The maximum Gasteiger partial charge on any atom is 0.334 e. The number of rotatable bonds is 6. The fraction of sp³-hybridized carbons (Fsp3) is 0.581. The number of esters is 1. The van der Waals surface area contributed by atoms with Crippen molar-refractivity contribution in [2.45, 2.75) is 102 Å². The molecule has 5 rings (SSSR count). The van der Waals surface area contributed by atoms with Gasteiger partial charge in [0.05, 0.1) is 6.61 Å². The maximum atomic E-state index is 14.0. The molecule has 0 N–H and O–H groups in total. The standard InChI is InChI=1S/C31H42O8Si/c1-21(38-40(28(2,3)4,22-15-11-9-12-16-22)23-17-13-10-14-18-23)27(32)35-26-25-24(36-30(7,8)37-25)19-33-31(26)20-34-29(5,6)39-31/h9-18,21,24-26H,19-20H2,1-8H3/t21-,24-,25-,26+,31+/m1/s1. The molecule has 218 valence electrons. The zero-order chi connectivity index (χ0) is 29.0. The van der Waals surface area contributed by atoms with Crippen molar-refractivity contribution in [1.29, 1.82) is 0 Å². The van der Waals surface area contributed by atoms with E-state index in [1.807, 2.05) is 50.2 Å². The van der Waals surface area contributed by atoms with Crippen molar-refractivity contribution in [3.8, 4) is 0 Å². The Balaban J connectivity index is 1.48. The molecule has 0 unspecified atom stereocenters. The molecule has 3 aliphatic heterocycles. The predicted octanol–water partition coefficient (Wildman–Crippen LogP) is 3.89. The van der Waals surface area contributed by atoms with Crippen LogP contribution in [0.4, 0.5) is 0 Å². The molecule has 2 aromatic rings. The third-order valence-corrected chi connectivity index (χ3v) is 12.9. The van der Waals surface area contributed by atoms with Crippen LogP contribution < -0.4 is 10.4 Å². The van der Waals surface area contributed by atoms with E-state index in [1.54, 1.807) is 20.8 Å². The first-order valence-corrected chi connectivity index (χ1v) is 15.9. The minimum Gasteiger partial charge on any atom is -0.452 e. The van der Waals surface area contributed by atoms with Crippen LogP contribution in [0.3, 0.4) is 0 Å². The summed E-state index contributed by atoms with van der Waals surface area (Å²) in [6.07, 6.45) is -2.83. The summed E-state index contributed by atoms with van der Waals surface area (Å²) in [6, 6.07) is 20.4. The summed E-state index contributed by atoms with van der Waals surface area (Å²) in [6.45, 7) is 15.9. The molecule has 8 nitrogen and oxygen atoms in total. The van der Waals surface area contributed by atoms with Gasteiger partial charge in [-0.3, -0.25) is 0 Å². The quantitative estimate of drug-likeness (QED) is 0.382. The lowest BCUT2D eigenvalue weighted by atomic mass is 9.97. The van der Waals surface area contributed by atoms with Crippen molar-refractivity contribution >= 4 is 24.7 Å². The van der Waals surface area contributed by atoms with Crippen LogP contribution in [-0.2, 0) is 37.6 Å².